The number of hydrogen-bond acceptors (Lipinski definition) is 6. The summed E-state index contributed by atoms with van der Waals surface area (Å²) < 4.78 is 0. The lowest BCUT2D eigenvalue weighted by Crippen LogP contribution is -2.34. The Kier molecular flexibility index (Phi) is 32.8. The fourth-order valence-electron chi connectivity index (χ4n) is 9.10. The van der Waals surface area contributed by atoms with Crippen molar-refractivity contribution in [1.82, 2.24) is 0 Å². The van der Waals surface area contributed by atoms with E-state index in [-0.39, 0.29) is 39.6 Å². The molecular formula is C51H96O6. The molecule has 6 nitrogen and oxygen atoms in total. The minimum Gasteiger partial charge on any atom is -0.396 e. The third-order valence-electron chi connectivity index (χ3n) is 13.3. The number of benzene rings is 1. The lowest BCUT2D eigenvalue weighted by Gasteiger charge is -2.33. The monoisotopic (exact) mass is 805 g/mol. The topological polar surface area (TPSA) is 121 Å². The molecule has 6 N–H and O–H groups in total. The molecule has 0 fully saturated rings. The van der Waals surface area contributed by atoms with Gasteiger partial charge in [-0.25, -0.2) is 0 Å². The van der Waals surface area contributed by atoms with Crippen LogP contribution in [0.2, 0.25) is 0 Å². The van der Waals surface area contributed by atoms with E-state index in [0.717, 1.165) is 74.5 Å². The van der Waals surface area contributed by atoms with Crippen molar-refractivity contribution in [2.75, 3.05) is 39.6 Å². The lowest BCUT2D eigenvalue weighted by atomic mass is 9.74. The maximum Gasteiger partial charge on any atom is 0.0512 e. The first-order valence-electron chi connectivity index (χ1n) is 24.6. The Morgan fingerprint density at radius 1 is 0.281 bits per heavy atom. The fraction of sp³-hybridized carbons (Fsp3) is 0.882. The van der Waals surface area contributed by atoms with Crippen LogP contribution in [0.1, 0.15) is 230 Å². The van der Waals surface area contributed by atoms with Crippen LogP contribution in [-0.4, -0.2) is 70.3 Å². The van der Waals surface area contributed by atoms with Crippen LogP contribution in [0.25, 0.3) is 0 Å². The first-order chi connectivity index (χ1) is 27.8. The summed E-state index contributed by atoms with van der Waals surface area (Å²) in [6, 6.07) is 6.49. The molecule has 1 rings (SSSR count). The van der Waals surface area contributed by atoms with Gasteiger partial charge in [-0.2, -0.15) is 0 Å². The summed E-state index contributed by atoms with van der Waals surface area (Å²) in [4.78, 5) is 0. The predicted molar refractivity (Wildman–Crippen MR) is 243 cm³/mol. The number of aliphatic hydroxyl groups excluding tert-OH is 6. The van der Waals surface area contributed by atoms with Crippen LogP contribution in [-0.2, 0) is 19.3 Å². The van der Waals surface area contributed by atoms with Gasteiger partial charge in [0.2, 0.25) is 0 Å². The van der Waals surface area contributed by atoms with Crippen molar-refractivity contribution in [3.8, 4) is 0 Å². The minimum absolute atomic E-state index is 0.0915. The molecule has 0 aliphatic carbocycles. The van der Waals surface area contributed by atoms with E-state index in [0.29, 0.717) is 19.3 Å². The molecule has 6 heteroatoms. The Hall–Kier alpha value is -1.02. The summed E-state index contributed by atoms with van der Waals surface area (Å²) in [5.41, 5.74) is 1.17. The molecule has 0 radical (unpaired) electrons. The largest absolute Gasteiger partial charge is 0.396 e. The highest BCUT2D eigenvalue weighted by Crippen LogP contribution is 2.36. The van der Waals surface area contributed by atoms with Gasteiger partial charge >= 0.3 is 0 Å². The van der Waals surface area contributed by atoms with Crippen LogP contribution in [0.5, 0.6) is 0 Å². The molecule has 0 aromatic heterocycles. The van der Waals surface area contributed by atoms with Gasteiger partial charge in [-0.15, -0.1) is 0 Å². The van der Waals surface area contributed by atoms with Crippen LogP contribution in [0.3, 0.4) is 0 Å². The third-order valence-corrected chi connectivity index (χ3v) is 13.3. The number of unbranched alkanes of at least 4 members (excludes halogenated alkanes) is 24. The molecule has 0 aliphatic rings. The summed E-state index contributed by atoms with van der Waals surface area (Å²) in [5.74, 6) is 0. The summed E-state index contributed by atoms with van der Waals surface area (Å²) in [7, 11) is 0. The second-order valence-corrected chi connectivity index (χ2v) is 18.9. The van der Waals surface area contributed by atoms with Crippen molar-refractivity contribution in [2.24, 2.45) is 16.2 Å². The van der Waals surface area contributed by atoms with Gasteiger partial charge in [-0.1, -0.05) is 212 Å². The van der Waals surface area contributed by atoms with Crippen molar-refractivity contribution in [2.45, 2.75) is 233 Å². The van der Waals surface area contributed by atoms with Crippen LogP contribution < -0.4 is 0 Å². The van der Waals surface area contributed by atoms with E-state index in [9.17, 15) is 30.6 Å². The lowest BCUT2D eigenvalue weighted by molar-refractivity contribution is 0.0426. The SMILES string of the molecule is CCCCCCCCCCCC(CO)(CO)Cc1cc(CC(CO)(CO)CCCCCCCCCCC)cc(CC(CO)(CO)CCCCCCCCCCC)c1. The van der Waals surface area contributed by atoms with Gasteiger partial charge < -0.3 is 30.6 Å². The summed E-state index contributed by atoms with van der Waals surface area (Å²) >= 11 is 0. The highest BCUT2D eigenvalue weighted by Gasteiger charge is 2.33. The molecule has 1 aromatic carbocycles. The molecule has 0 aliphatic heterocycles. The molecule has 0 spiro atoms. The van der Waals surface area contributed by atoms with Crippen molar-refractivity contribution in [1.29, 1.82) is 0 Å². The summed E-state index contributed by atoms with van der Waals surface area (Å²) in [6.45, 7) is 6.20. The van der Waals surface area contributed by atoms with Crippen LogP contribution >= 0.6 is 0 Å². The highest BCUT2D eigenvalue weighted by atomic mass is 16.3. The van der Waals surface area contributed by atoms with Gasteiger partial charge in [-0.3, -0.25) is 0 Å². The van der Waals surface area contributed by atoms with Gasteiger partial charge in [0.15, 0.2) is 0 Å². The fourth-order valence-corrected chi connectivity index (χ4v) is 9.10. The van der Waals surface area contributed by atoms with E-state index in [4.69, 9.17) is 0 Å². The van der Waals surface area contributed by atoms with E-state index in [2.05, 4.69) is 39.0 Å². The third kappa shape index (κ3) is 24.1. The zero-order valence-corrected chi connectivity index (χ0v) is 38.0. The maximum atomic E-state index is 10.8. The quantitative estimate of drug-likeness (QED) is 0.0366. The molecule has 57 heavy (non-hydrogen) atoms. The summed E-state index contributed by atoms with van der Waals surface area (Å²) in [5, 5.41) is 64.5. The maximum absolute atomic E-state index is 10.8. The van der Waals surface area contributed by atoms with Gasteiger partial charge in [0.25, 0.3) is 0 Å². The van der Waals surface area contributed by atoms with Crippen LogP contribution in [0.4, 0.5) is 0 Å². The molecule has 336 valence electrons. The Morgan fingerprint density at radius 3 is 0.632 bits per heavy atom. The molecule has 1 aromatic rings. The van der Waals surface area contributed by atoms with Crippen molar-refractivity contribution in [3.05, 3.63) is 34.9 Å². The number of rotatable bonds is 42. The Labute approximate surface area is 353 Å². The first kappa shape index (κ1) is 54.0. The van der Waals surface area contributed by atoms with E-state index < -0.39 is 16.2 Å². The Bertz CT molecular complexity index is 890. The normalized spacial score (nSPS) is 12.6. The van der Waals surface area contributed by atoms with Crippen LogP contribution in [0, 0.1) is 16.2 Å². The smallest absolute Gasteiger partial charge is 0.0512 e. The van der Waals surface area contributed by atoms with E-state index in [1.165, 1.54) is 135 Å². The standard InChI is InChI=1S/C51H96O6/c1-4-7-10-13-16-19-22-25-28-31-49(40-52,41-53)37-46-34-47(38-50(42-54,43-55)32-29-26-23-20-17-14-11-8-5-2)36-48(35-46)39-51(44-56,45-57)33-30-27-24-21-18-15-12-9-6-3/h34-36,52-57H,4-33,37-45H2,1-3H3. The molecule has 0 atom stereocenters. The minimum atomic E-state index is -0.639. The second kappa shape index (κ2) is 34.7. The Morgan fingerprint density at radius 2 is 0.456 bits per heavy atom. The second-order valence-electron chi connectivity index (χ2n) is 18.9. The molecule has 0 bridgehead atoms. The van der Waals surface area contributed by atoms with Gasteiger partial charge in [-0.05, 0) is 55.2 Å². The zero-order chi connectivity index (χ0) is 41.9. The molecule has 0 unspecified atom stereocenters. The molecule has 0 heterocycles. The first-order valence-corrected chi connectivity index (χ1v) is 24.6. The average Bonchev–Trinajstić information content (AvgIpc) is 3.23. The molecular weight excluding hydrogens is 709 g/mol. The van der Waals surface area contributed by atoms with Crippen molar-refractivity contribution < 1.29 is 30.6 Å². The zero-order valence-electron chi connectivity index (χ0n) is 38.0. The highest BCUT2D eigenvalue weighted by molar-refractivity contribution is 5.33. The van der Waals surface area contributed by atoms with E-state index in [1.807, 2.05) is 0 Å². The number of aliphatic hydroxyl groups is 6. The van der Waals surface area contributed by atoms with Crippen LogP contribution in [0.15, 0.2) is 18.2 Å². The predicted octanol–water partition coefficient (Wildman–Crippen LogP) is 12.0. The Balaban J connectivity index is 3.18. The molecule has 0 saturated carbocycles. The molecule has 0 amide bonds. The van der Waals surface area contributed by atoms with Crippen molar-refractivity contribution >= 4 is 0 Å². The van der Waals surface area contributed by atoms with E-state index >= 15 is 0 Å². The van der Waals surface area contributed by atoms with Gasteiger partial charge in [0.1, 0.15) is 0 Å². The van der Waals surface area contributed by atoms with Crippen molar-refractivity contribution in [3.63, 3.8) is 0 Å². The summed E-state index contributed by atoms with van der Waals surface area (Å²) in [6.07, 6.45) is 36.8. The van der Waals surface area contributed by atoms with E-state index in [1.54, 1.807) is 0 Å². The van der Waals surface area contributed by atoms with Gasteiger partial charge in [0, 0.05) is 16.2 Å². The molecule has 0 saturated heterocycles. The average molecular weight is 805 g/mol. The number of hydrogen-bond donors (Lipinski definition) is 6. The van der Waals surface area contributed by atoms with Gasteiger partial charge in [0.05, 0.1) is 39.6 Å².